The molecule has 152 valence electrons. The van der Waals surface area contributed by atoms with Gasteiger partial charge in [0.2, 0.25) is 0 Å². The Morgan fingerprint density at radius 3 is 2.68 bits per heavy atom. The molecule has 0 radical (unpaired) electrons. The van der Waals surface area contributed by atoms with Crippen LogP contribution in [0.3, 0.4) is 0 Å². The Morgan fingerprint density at radius 2 is 1.86 bits per heavy atom. The van der Waals surface area contributed by atoms with E-state index in [0.29, 0.717) is 29.1 Å². The van der Waals surface area contributed by atoms with Gasteiger partial charge in [0.1, 0.15) is 0 Å². The van der Waals surface area contributed by atoms with Gasteiger partial charge in [-0.05, 0) is 92.4 Å². The summed E-state index contributed by atoms with van der Waals surface area (Å²) >= 11 is 0. The molecule has 1 N–H and O–H groups in total. The summed E-state index contributed by atoms with van der Waals surface area (Å²) in [5.41, 5.74) is 4.79. The second-order valence-electron chi connectivity index (χ2n) is 11.3. The quantitative estimate of drug-likeness (QED) is 0.664. The lowest BCUT2D eigenvalue weighted by Crippen LogP contribution is -2.63. The number of ether oxygens (including phenoxy) is 2. The lowest BCUT2D eigenvalue weighted by Gasteiger charge is -2.62. The monoisotopic (exact) mass is 382 g/mol. The summed E-state index contributed by atoms with van der Waals surface area (Å²) in [5, 5.41) is 7.65. The normalized spacial score (nSPS) is 51.1. The molecular formula is C24H34N2O2. The minimum absolute atomic E-state index is 0.189. The molecule has 0 aromatic carbocycles. The highest BCUT2D eigenvalue weighted by atomic mass is 16.8. The highest BCUT2D eigenvalue weighted by Crippen LogP contribution is 2.68. The average Bonchev–Trinajstić information content (AvgIpc) is 3.28. The molecule has 1 aliphatic heterocycles. The summed E-state index contributed by atoms with van der Waals surface area (Å²) in [6, 6.07) is 0. The summed E-state index contributed by atoms with van der Waals surface area (Å²) in [4.78, 5) is 0. The van der Waals surface area contributed by atoms with Crippen molar-refractivity contribution < 1.29 is 9.47 Å². The largest absolute Gasteiger partial charge is 0.344 e. The molecule has 1 saturated heterocycles. The Bertz CT molecular complexity index is 843. The number of aromatic nitrogens is 2. The van der Waals surface area contributed by atoms with Crippen LogP contribution in [0, 0.1) is 34.5 Å². The second kappa shape index (κ2) is 5.31. The van der Waals surface area contributed by atoms with Gasteiger partial charge in [-0.3, -0.25) is 5.10 Å². The Kier molecular flexibility index (Phi) is 3.36. The smallest absolute Gasteiger partial charge is 0.163 e. The van der Waals surface area contributed by atoms with E-state index in [1.807, 2.05) is 0 Å². The first-order chi connectivity index (χ1) is 13.2. The molecule has 4 heteroatoms. The van der Waals surface area contributed by atoms with Crippen LogP contribution in [0.5, 0.6) is 0 Å². The molecule has 8 unspecified atom stereocenters. The van der Waals surface area contributed by atoms with Gasteiger partial charge in [0, 0.05) is 5.69 Å². The number of rotatable bonds is 0. The van der Waals surface area contributed by atoms with Gasteiger partial charge in [-0.25, -0.2) is 0 Å². The SMILES string of the molecule is C=C1CCC2C3C4OC(C)(C)OC4C4Cc5[nH]ncc5CC4(C)C3CCC12C. The number of H-pyrrole nitrogens is 1. The number of hydrogen-bond acceptors (Lipinski definition) is 3. The molecule has 3 saturated carbocycles. The van der Waals surface area contributed by atoms with Crippen molar-refractivity contribution in [2.45, 2.75) is 84.2 Å². The molecule has 6 rings (SSSR count). The third kappa shape index (κ3) is 2.06. The van der Waals surface area contributed by atoms with Gasteiger partial charge in [-0.2, -0.15) is 5.10 Å². The Morgan fingerprint density at radius 1 is 1.07 bits per heavy atom. The van der Waals surface area contributed by atoms with Gasteiger partial charge < -0.3 is 9.47 Å². The van der Waals surface area contributed by atoms with Crippen molar-refractivity contribution in [2.24, 2.45) is 34.5 Å². The molecule has 4 fully saturated rings. The molecule has 0 spiro atoms. The summed E-state index contributed by atoms with van der Waals surface area (Å²) in [5.74, 6) is 1.99. The third-order valence-electron chi connectivity index (χ3n) is 9.72. The number of nitrogens with one attached hydrogen (secondary N) is 1. The van der Waals surface area contributed by atoms with Crippen molar-refractivity contribution in [3.05, 3.63) is 29.6 Å². The molecule has 4 aliphatic carbocycles. The van der Waals surface area contributed by atoms with Crippen molar-refractivity contribution in [3.8, 4) is 0 Å². The van der Waals surface area contributed by atoms with E-state index in [0.717, 1.165) is 12.8 Å². The fourth-order valence-corrected chi connectivity index (χ4v) is 8.32. The number of nitrogens with zero attached hydrogens (tertiary/aromatic N) is 1. The van der Waals surface area contributed by atoms with Gasteiger partial charge >= 0.3 is 0 Å². The summed E-state index contributed by atoms with van der Waals surface area (Å²) in [6.07, 6.45) is 9.71. The molecule has 8 atom stereocenters. The van der Waals surface area contributed by atoms with Crippen LogP contribution in [0.15, 0.2) is 18.3 Å². The lowest BCUT2D eigenvalue weighted by molar-refractivity contribution is -0.164. The Labute approximate surface area is 168 Å². The van der Waals surface area contributed by atoms with Crippen LogP contribution in [0.25, 0.3) is 0 Å². The van der Waals surface area contributed by atoms with Crippen LogP contribution in [0.2, 0.25) is 0 Å². The zero-order valence-electron chi connectivity index (χ0n) is 17.8. The average molecular weight is 383 g/mol. The maximum Gasteiger partial charge on any atom is 0.163 e. The first kappa shape index (κ1) is 17.7. The van der Waals surface area contributed by atoms with Crippen molar-refractivity contribution in [1.82, 2.24) is 10.2 Å². The predicted molar refractivity (Wildman–Crippen MR) is 108 cm³/mol. The van der Waals surface area contributed by atoms with E-state index < -0.39 is 5.79 Å². The minimum atomic E-state index is -0.483. The van der Waals surface area contributed by atoms with Gasteiger partial charge in [0.15, 0.2) is 5.79 Å². The first-order valence-corrected chi connectivity index (χ1v) is 11.3. The number of hydrogen-bond donors (Lipinski definition) is 1. The maximum atomic E-state index is 6.70. The number of allylic oxidation sites excluding steroid dienone is 1. The number of fused-ring (bicyclic) bond motifs is 9. The standard InChI is InChI=1S/C24H34N2O2/c1-13-6-7-15-19-16(8-9-23(13,15)4)24(5)11-14-12-25-26-18(14)10-17(24)20-21(19)28-22(2,3)27-20/h12,15-17,19-21H,1,6-11H2,2-5H3,(H,25,26). The van der Waals surface area contributed by atoms with Gasteiger partial charge in [0.05, 0.1) is 18.4 Å². The van der Waals surface area contributed by atoms with Crippen molar-refractivity contribution >= 4 is 0 Å². The minimum Gasteiger partial charge on any atom is -0.344 e. The Balaban J connectivity index is 1.49. The summed E-state index contributed by atoms with van der Waals surface area (Å²) in [7, 11) is 0. The van der Waals surface area contributed by atoms with Crippen LogP contribution < -0.4 is 0 Å². The molecule has 5 aliphatic rings. The van der Waals surface area contributed by atoms with E-state index >= 15 is 0 Å². The molecule has 1 aromatic rings. The van der Waals surface area contributed by atoms with Crippen molar-refractivity contribution in [3.63, 3.8) is 0 Å². The van der Waals surface area contributed by atoms with Crippen LogP contribution in [0.4, 0.5) is 0 Å². The van der Waals surface area contributed by atoms with Crippen LogP contribution >= 0.6 is 0 Å². The fourth-order valence-electron chi connectivity index (χ4n) is 8.32. The van der Waals surface area contributed by atoms with Crippen molar-refractivity contribution in [1.29, 1.82) is 0 Å². The lowest BCUT2D eigenvalue weighted by atomic mass is 9.44. The van der Waals surface area contributed by atoms with E-state index in [4.69, 9.17) is 9.47 Å². The van der Waals surface area contributed by atoms with Gasteiger partial charge in [-0.1, -0.05) is 26.0 Å². The molecule has 0 bridgehead atoms. The van der Waals surface area contributed by atoms with Crippen LogP contribution in [0.1, 0.15) is 64.6 Å². The fraction of sp³-hybridized carbons (Fsp3) is 0.792. The molecule has 28 heavy (non-hydrogen) atoms. The van der Waals surface area contributed by atoms with Crippen LogP contribution in [-0.2, 0) is 22.3 Å². The topological polar surface area (TPSA) is 47.1 Å². The first-order valence-electron chi connectivity index (χ1n) is 11.3. The van der Waals surface area contributed by atoms with Gasteiger partial charge in [-0.15, -0.1) is 0 Å². The second-order valence-corrected chi connectivity index (χ2v) is 11.3. The summed E-state index contributed by atoms with van der Waals surface area (Å²) in [6.45, 7) is 13.8. The van der Waals surface area contributed by atoms with E-state index in [2.05, 4.69) is 50.7 Å². The van der Waals surface area contributed by atoms with E-state index in [-0.39, 0.29) is 17.6 Å². The molecule has 1 aromatic heterocycles. The molecule has 4 nitrogen and oxygen atoms in total. The highest BCUT2D eigenvalue weighted by molar-refractivity contribution is 5.29. The van der Waals surface area contributed by atoms with E-state index in [9.17, 15) is 0 Å². The predicted octanol–water partition coefficient (Wildman–Crippen LogP) is 4.66. The molecule has 0 amide bonds. The van der Waals surface area contributed by atoms with Gasteiger partial charge in [0.25, 0.3) is 0 Å². The molecular weight excluding hydrogens is 348 g/mol. The number of aromatic amines is 1. The summed E-state index contributed by atoms with van der Waals surface area (Å²) < 4.78 is 13.4. The molecule has 2 heterocycles. The van der Waals surface area contributed by atoms with Crippen LogP contribution in [-0.4, -0.2) is 28.2 Å². The van der Waals surface area contributed by atoms with E-state index in [1.54, 1.807) is 0 Å². The zero-order chi connectivity index (χ0) is 19.5. The third-order valence-corrected chi connectivity index (χ3v) is 9.72. The highest BCUT2D eigenvalue weighted by Gasteiger charge is 2.67. The van der Waals surface area contributed by atoms with E-state index in [1.165, 1.54) is 42.5 Å². The maximum absolute atomic E-state index is 6.70. The zero-order valence-corrected chi connectivity index (χ0v) is 17.8. The Hall–Kier alpha value is -1.13. The van der Waals surface area contributed by atoms with Crippen molar-refractivity contribution in [2.75, 3.05) is 0 Å².